The molecule has 124 valence electrons. The van der Waals surface area contributed by atoms with Crippen molar-refractivity contribution < 1.29 is 4.79 Å². The van der Waals surface area contributed by atoms with E-state index in [1.54, 1.807) is 7.05 Å². The quantitative estimate of drug-likeness (QED) is 0.680. The minimum atomic E-state index is -0.134. The van der Waals surface area contributed by atoms with Crippen LogP contribution < -0.4 is 5.32 Å². The van der Waals surface area contributed by atoms with Gasteiger partial charge >= 0.3 is 0 Å². The van der Waals surface area contributed by atoms with Gasteiger partial charge in [-0.25, -0.2) is 9.67 Å². The van der Waals surface area contributed by atoms with Gasteiger partial charge in [-0.15, -0.1) is 16.4 Å². The average Bonchev–Trinajstić information content (AvgIpc) is 3.22. The van der Waals surface area contributed by atoms with Crippen LogP contribution in [0, 0.1) is 0 Å². The number of thiazole rings is 1. The first-order valence-corrected chi connectivity index (χ1v) is 9.22. The molecule has 0 fully saturated rings. The Morgan fingerprint density at radius 1 is 1.33 bits per heavy atom. The lowest BCUT2D eigenvalue weighted by Crippen LogP contribution is -2.14. The summed E-state index contributed by atoms with van der Waals surface area (Å²) >= 11 is 2.69. The Labute approximate surface area is 147 Å². The van der Waals surface area contributed by atoms with E-state index in [0.717, 1.165) is 17.7 Å². The van der Waals surface area contributed by atoms with Crippen LogP contribution >= 0.6 is 23.1 Å². The molecule has 1 amide bonds. The van der Waals surface area contributed by atoms with Crippen LogP contribution in [0.5, 0.6) is 0 Å². The van der Waals surface area contributed by atoms with E-state index in [2.05, 4.69) is 57.0 Å². The third-order valence-electron chi connectivity index (χ3n) is 3.32. The van der Waals surface area contributed by atoms with Crippen molar-refractivity contribution in [2.45, 2.75) is 18.5 Å². The number of rotatable bonds is 6. The molecular weight excluding hydrogens is 344 g/mol. The zero-order valence-corrected chi connectivity index (χ0v) is 14.9. The zero-order valence-electron chi connectivity index (χ0n) is 13.3. The molecule has 0 aliphatic heterocycles. The van der Waals surface area contributed by atoms with Gasteiger partial charge in [0.1, 0.15) is 0 Å². The van der Waals surface area contributed by atoms with Gasteiger partial charge in [-0.2, -0.15) is 0 Å². The topological polar surface area (TPSA) is 85.6 Å². The van der Waals surface area contributed by atoms with Crippen LogP contribution in [0.25, 0.3) is 11.3 Å². The Morgan fingerprint density at radius 2 is 2.12 bits per heavy atom. The summed E-state index contributed by atoms with van der Waals surface area (Å²) in [5, 5.41) is 17.0. The highest BCUT2D eigenvalue weighted by atomic mass is 32.2. The third-order valence-corrected chi connectivity index (χ3v) is 5.09. The number of carbonyl (C=O) groups excluding carboxylic acids is 1. The number of anilines is 1. The first-order chi connectivity index (χ1) is 11.7. The first-order valence-electron chi connectivity index (χ1n) is 7.35. The Hall–Kier alpha value is -2.26. The van der Waals surface area contributed by atoms with Crippen molar-refractivity contribution in [2.75, 3.05) is 11.1 Å². The monoisotopic (exact) mass is 360 g/mol. The summed E-state index contributed by atoms with van der Waals surface area (Å²) in [6, 6.07) is 8.30. The molecule has 0 atom stereocenters. The van der Waals surface area contributed by atoms with E-state index in [1.165, 1.54) is 33.3 Å². The number of nitrogens with zero attached hydrogens (tertiary/aromatic N) is 5. The van der Waals surface area contributed by atoms with Crippen LogP contribution in [0.2, 0.25) is 0 Å². The molecule has 0 bridgehead atoms. The number of aryl methyl sites for hydroxylation is 2. The zero-order chi connectivity index (χ0) is 16.9. The number of thioether (sulfide) groups is 1. The van der Waals surface area contributed by atoms with Crippen molar-refractivity contribution in [3.8, 4) is 11.3 Å². The number of benzene rings is 1. The molecule has 2 heterocycles. The summed E-state index contributed by atoms with van der Waals surface area (Å²) in [6.07, 6.45) is 1.01. The van der Waals surface area contributed by atoms with Crippen LogP contribution in [0.4, 0.5) is 5.13 Å². The predicted octanol–water partition coefficient (Wildman–Crippen LogP) is 2.63. The lowest BCUT2D eigenvalue weighted by atomic mass is 10.1. The van der Waals surface area contributed by atoms with Gasteiger partial charge < -0.3 is 5.32 Å². The fourth-order valence-corrected chi connectivity index (χ4v) is 3.39. The number of amides is 1. The van der Waals surface area contributed by atoms with Crippen LogP contribution in [-0.2, 0) is 18.3 Å². The fourth-order valence-electron chi connectivity index (χ4n) is 2.00. The molecule has 0 unspecified atom stereocenters. The highest BCUT2D eigenvalue weighted by Gasteiger charge is 2.11. The second-order valence-corrected chi connectivity index (χ2v) is 6.81. The summed E-state index contributed by atoms with van der Waals surface area (Å²) in [6.45, 7) is 2.13. The van der Waals surface area contributed by atoms with E-state index in [0.29, 0.717) is 10.3 Å². The van der Waals surface area contributed by atoms with E-state index in [-0.39, 0.29) is 11.7 Å². The second-order valence-electron chi connectivity index (χ2n) is 5.01. The molecule has 2 aromatic heterocycles. The summed E-state index contributed by atoms with van der Waals surface area (Å²) in [5.74, 6) is 0.0964. The molecule has 3 rings (SSSR count). The van der Waals surface area contributed by atoms with E-state index >= 15 is 0 Å². The normalized spacial score (nSPS) is 10.8. The van der Waals surface area contributed by atoms with Gasteiger partial charge in [-0.1, -0.05) is 43.0 Å². The van der Waals surface area contributed by atoms with Crippen LogP contribution in [-0.4, -0.2) is 36.9 Å². The maximum atomic E-state index is 12.0. The highest BCUT2D eigenvalue weighted by Crippen LogP contribution is 2.25. The lowest BCUT2D eigenvalue weighted by Gasteiger charge is -2.01. The van der Waals surface area contributed by atoms with Crippen LogP contribution in [0.15, 0.2) is 34.8 Å². The van der Waals surface area contributed by atoms with Gasteiger partial charge in [-0.05, 0) is 22.4 Å². The SMILES string of the molecule is CCc1ccc(-c2csc(NC(=O)CSc3nnnn3C)n2)cc1. The molecule has 9 heteroatoms. The fraction of sp³-hybridized carbons (Fsp3) is 0.267. The molecule has 0 aliphatic carbocycles. The number of hydrogen-bond acceptors (Lipinski definition) is 7. The molecule has 3 aromatic rings. The van der Waals surface area contributed by atoms with Crippen molar-refractivity contribution in [2.24, 2.45) is 7.05 Å². The number of tetrazole rings is 1. The van der Waals surface area contributed by atoms with Crippen molar-refractivity contribution in [1.82, 2.24) is 25.2 Å². The Balaban J connectivity index is 1.58. The maximum absolute atomic E-state index is 12.0. The molecule has 0 aliphatic rings. The van der Waals surface area contributed by atoms with Gasteiger partial charge in [0.25, 0.3) is 0 Å². The van der Waals surface area contributed by atoms with Gasteiger partial charge in [0, 0.05) is 18.0 Å². The summed E-state index contributed by atoms with van der Waals surface area (Å²) in [5.41, 5.74) is 3.20. The molecule has 1 N–H and O–H groups in total. The Kier molecular flexibility index (Phi) is 5.21. The molecule has 0 spiro atoms. The van der Waals surface area contributed by atoms with Crippen molar-refractivity contribution >= 4 is 34.1 Å². The minimum absolute atomic E-state index is 0.134. The lowest BCUT2D eigenvalue weighted by molar-refractivity contribution is -0.113. The predicted molar refractivity (Wildman–Crippen MR) is 95.1 cm³/mol. The first kappa shape index (κ1) is 16.6. The Bertz CT molecular complexity index is 827. The van der Waals surface area contributed by atoms with Gasteiger partial charge in [-0.3, -0.25) is 4.79 Å². The van der Waals surface area contributed by atoms with Gasteiger partial charge in [0.2, 0.25) is 11.1 Å². The molecule has 24 heavy (non-hydrogen) atoms. The summed E-state index contributed by atoms with van der Waals surface area (Å²) in [4.78, 5) is 16.5. The molecule has 0 saturated heterocycles. The largest absolute Gasteiger partial charge is 0.301 e. The highest BCUT2D eigenvalue weighted by molar-refractivity contribution is 7.99. The van der Waals surface area contributed by atoms with E-state index in [1.807, 2.05) is 5.38 Å². The van der Waals surface area contributed by atoms with E-state index < -0.39 is 0 Å². The number of hydrogen-bond donors (Lipinski definition) is 1. The number of aromatic nitrogens is 5. The maximum Gasteiger partial charge on any atom is 0.236 e. The minimum Gasteiger partial charge on any atom is -0.301 e. The van der Waals surface area contributed by atoms with Gasteiger partial charge in [0.15, 0.2) is 5.13 Å². The number of nitrogens with one attached hydrogen (secondary N) is 1. The summed E-state index contributed by atoms with van der Waals surface area (Å²) < 4.78 is 1.53. The molecule has 0 radical (unpaired) electrons. The van der Waals surface area contributed by atoms with E-state index in [4.69, 9.17) is 0 Å². The molecule has 1 aromatic carbocycles. The van der Waals surface area contributed by atoms with Crippen molar-refractivity contribution in [3.05, 3.63) is 35.2 Å². The van der Waals surface area contributed by atoms with Crippen LogP contribution in [0.1, 0.15) is 12.5 Å². The standard InChI is InChI=1S/C15H16N6OS2/c1-3-10-4-6-11(7-5-10)12-8-23-14(16-12)17-13(22)9-24-15-18-19-20-21(15)2/h4-8H,3,9H2,1-2H3,(H,16,17,22). The molecule has 0 saturated carbocycles. The Morgan fingerprint density at radius 3 is 2.79 bits per heavy atom. The second kappa shape index (κ2) is 7.54. The van der Waals surface area contributed by atoms with Crippen LogP contribution in [0.3, 0.4) is 0 Å². The summed E-state index contributed by atoms with van der Waals surface area (Å²) in [7, 11) is 1.73. The van der Waals surface area contributed by atoms with Gasteiger partial charge in [0.05, 0.1) is 11.4 Å². The smallest absolute Gasteiger partial charge is 0.236 e. The third kappa shape index (κ3) is 3.98. The average molecular weight is 360 g/mol. The number of carbonyl (C=O) groups is 1. The van der Waals surface area contributed by atoms with Crippen molar-refractivity contribution in [1.29, 1.82) is 0 Å². The van der Waals surface area contributed by atoms with Crippen molar-refractivity contribution in [3.63, 3.8) is 0 Å². The molecule has 7 nitrogen and oxygen atoms in total. The molecular formula is C15H16N6OS2. The van der Waals surface area contributed by atoms with E-state index in [9.17, 15) is 4.79 Å².